The summed E-state index contributed by atoms with van der Waals surface area (Å²) in [4.78, 5) is 0.281. The highest BCUT2D eigenvalue weighted by atomic mass is 32.2. The molecule has 1 heterocycles. The van der Waals surface area contributed by atoms with Crippen LogP contribution in [0.15, 0.2) is 58.3 Å². The Balaban J connectivity index is 1.72. The summed E-state index contributed by atoms with van der Waals surface area (Å²) in [6.45, 7) is 3.54. The van der Waals surface area contributed by atoms with Gasteiger partial charge in [-0.25, -0.2) is 26.3 Å². The molecule has 11 heteroatoms. The van der Waals surface area contributed by atoms with Gasteiger partial charge in [0.2, 0.25) is 20.0 Å². The molecular weight excluding hydrogens is 426 g/mol. The zero-order chi connectivity index (χ0) is 21.9. The Morgan fingerprint density at radius 3 is 1.67 bits per heavy atom. The van der Waals surface area contributed by atoms with Crippen molar-refractivity contribution in [2.75, 3.05) is 0 Å². The third kappa shape index (κ3) is 5.11. The summed E-state index contributed by atoms with van der Waals surface area (Å²) in [5.74, 6) is 0. The van der Waals surface area contributed by atoms with Gasteiger partial charge in [0.25, 0.3) is 0 Å². The average Bonchev–Trinajstić information content (AvgIpc) is 3.05. The van der Waals surface area contributed by atoms with E-state index in [-0.39, 0.29) is 22.9 Å². The van der Waals surface area contributed by atoms with Crippen LogP contribution in [0.2, 0.25) is 0 Å². The van der Waals surface area contributed by atoms with E-state index in [1.54, 1.807) is 31.3 Å². The Labute approximate surface area is 176 Å². The number of nitrogens with one attached hydrogen (secondary N) is 2. The van der Waals surface area contributed by atoms with Gasteiger partial charge in [-0.15, -0.1) is 5.10 Å². The van der Waals surface area contributed by atoms with Gasteiger partial charge in [0.15, 0.2) is 0 Å². The Morgan fingerprint density at radius 1 is 0.767 bits per heavy atom. The smallest absolute Gasteiger partial charge is 0.240 e. The minimum Gasteiger partial charge on any atom is -0.251 e. The molecule has 2 N–H and O–H groups in total. The first-order valence-electron chi connectivity index (χ1n) is 9.08. The summed E-state index contributed by atoms with van der Waals surface area (Å²) >= 11 is 0. The van der Waals surface area contributed by atoms with Crippen molar-refractivity contribution in [1.82, 2.24) is 24.4 Å². The van der Waals surface area contributed by atoms with E-state index in [0.29, 0.717) is 11.4 Å². The van der Waals surface area contributed by atoms with Crippen LogP contribution >= 0.6 is 0 Å². The first-order valence-corrected chi connectivity index (χ1v) is 12.1. The average molecular weight is 450 g/mol. The number of aryl methyl sites for hydroxylation is 3. The van der Waals surface area contributed by atoms with E-state index < -0.39 is 20.0 Å². The molecule has 3 rings (SSSR count). The quantitative estimate of drug-likeness (QED) is 0.536. The molecule has 9 nitrogen and oxygen atoms in total. The molecule has 0 aliphatic heterocycles. The molecule has 0 radical (unpaired) electrons. The molecule has 0 unspecified atom stereocenters. The second-order valence-corrected chi connectivity index (χ2v) is 10.4. The molecule has 0 spiro atoms. The molecule has 0 bridgehead atoms. The first-order chi connectivity index (χ1) is 14.1. The molecule has 2 aromatic carbocycles. The number of aromatic nitrogens is 3. The van der Waals surface area contributed by atoms with Crippen LogP contribution in [0.25, 0.3) is 0 Å². The van der Waals surface area contributed by atoms with Crippen molar-refractivity contribution in [3.63, 3.8) is 0 Å². The number of hydrogen-bond acceptors (Lipinski definition) is 6. The van der Waals surface area contributed by atoms with Gasteiger partial charge in [-0.1, -0.05) is 40.6 Å². The maximum Gasteiger partial charge on any atom is 0.240 e. The van der Waals surface area contributed by atoms with Crippen LogP contribution in [0.4, 0.5) is 0 Å². The summed E-state index contributed by atoms with van der Waals surface area (Å²) in [6, 6.07) is 12.9. The van der Waals surface area contributed by atoms with Gasteiger partial charge in [-0.05, 0) is 38.1 Å². The van der Waals surface area contributed by atoms with E-state index >= 15 is 0 Å². The number of nitrogens with zero attached hydrogens (tertiary/aromatic N) is 3. The maximum absolute atomic E-state index is 12.5. The monoisotopic (exact) mass is 449 g/mol. The summed E-state index contributed by atoms with van der Waals surface area (Å²) in [5.41, 5.74) is 2.69. The van der Waals surface area contributed by atoms with Crippen molar-refractivity contribution >= 4 is 20.0 Å². The van der Waals surface area contributed by atoms with Crippen LogP contribution in [0.1, 0.15) is 22.5 Å². The maximum atomic E-state index is 12.5. The van der Waals surface area contributed by atoms with Crippen molar-refractivity contribution in [2.24, 2.45) is 7.05 Å². The molecule has 1 aromatic heterocycles. The van der Waals surface area contributed by atoms with Gasteiger partial charge in [-0.2, -0.15) is 0 Å². The van der Waals surface area contributed by atoms with Gasteiger partial charge in [0.05, 0.1) is 28.6 Å². The summed E-state index contributed by atoms with van der Waals surface area (Å²) in [6.07, 6.45) is 0. The lowest BCUT2D eigenvalue weighted by atomic mass is 10.2. The molecular formula is C19H23N5O4S2. The molecule has 0 saturated heterocycles. The number of hydrogen-bond donors (Lipinski definition) is 2. The van der Waals surface area contributed by atoms with Crippen LogP contribution in [0, 0.1) is 13.8 Å². The number of sulfonamides is 2. The van der Waals surface area contributed by atoms with E-state index in [2.05, 4.69) is 19.8 Å². The zero-order valence-electron chi connectivity index (χ0n) is 16.8. The molecule has 30 heavy (non-hydrogen) atoms. The highest BCUT2D eigenvalue weighted by Crippen LogP contribution is 2.13. The predicted octanol–water partition coefficient (Wildman–Crippen LogP) is 1.39. The van der Waals surface area contributed by atoms with Crippen molar-refractivity contribution in [3.8, 4) is 0 Å². The van der Waals surface area contributed by atoms with Gasteiger partial charge >= 0.3 is 0 Å². The van der Waals surface area contributed by atoms with Gasteiger partial charge in [-0.3, -0.25) is 4.68 Å². The van der Waals surface area contributed by atoms with Gasteiger partial charge < -0.3 is 0 Å². The van der Waals surface area contributed by atoms with Gasteiger partial charge in [0.1, 0.15) is 5.69 Å². The molecule has 0 saturated carbocycles. The minimum atomic E-state index is -3.74. The molecule has 0 atom stereocenters. The van der Waals surface area contributed by atoms with E-state index in [9.17, 15) is 16.8 Å². The topological polar surface area (TPSA) is 123 Å². The van der Waals surface area contributed by atoms with Crippen LogP contribution < -0.4 is 9.44 Å². The molecule has 0 amide bonds. The molecule has 0 aliphatic carbocycles. The lowest BCUT2D eigenvalue weighted by Gasteiger charge is -2.10. The van der Waals surface area contributed by atoms with E-state index in [1.165, 1.54) is 28.9 Å². The molecule has 160 valence electrons. The van der Waals surface area contributed by atoms with Crippen molar-refractivity contribution < 1.29 is 16.8 Å². The zero-order valence-corrected chi connectivity index (χ0v) is 18.5. The number of benzene rings is 2. The molecule has 0 fully saturated rings. The fourth-order valence-corrected chi connectivity index (χ4v) is 4.68. The van der Waals surface area contributed by atoms with Crippen molar-refractivity contribution in [2.45, 2.75) is 36.7 Å². The van der Waals surface area contributed by atoms with E-state index in [0.717, 1.165) is 11.1 Å². The van der Waals surface area contributed by atoms with Crippen molar-refractivity contribution in [1.29, 1.82) is 0 Å². The first kappa shape index (κ1) is 22.1. The second kappa shape index (κ2) is 8.64. The highest BCUT2D eigenvalue weighted by Gasteiger charge is 2.20. The lowest BCUT2D eigenvalue weighted by molar-refractivity contribution is 0.573. The third-order valence-corrected chi connectivity index (χ3v) is 7.38. The fraction of sp³-hybridized carbons (Fsp3) is 0.263. The largest absolute Gasteiger partial charge is 0.251 e. The van der Waals surface area contributed by atoms with E-state index in [1.807, 2.05) is 13.8 Å². The minimum absolute atomic E-state index is 0.0820. The predicted molar refractivity (Wildman–Crippen MR) is 111 cm³/mol. The Morgan fingerprint density at radius 2 is 1.20 bits per heavy atom. The standard InChI is InChI=1S/C19H23N5O4S2/c1-14-4-8-16(9-5-14)29(25,26)20-12-18-19(24(3)23-22-18)13-21-30(27,28)17-10-6-15(2)7-11-17/h4-11,20-21H,12-13H2,1-3H3. The van der Waals surface area contributed by atoms with Crippen LogP contribution in [-0.2, 0) is 40.2 Å². The Hall–Kier alpha value is -2.60. The second-order valence-electron chi connectivity index (χ2n) is 6.88. The highest BCUT2D eigenvalue weighted by molar-refractivity contribution is 7.89. The van der Waals surface area contributed by atoms with Crippen molar-refractivity contribution in [3.05, 3.63) is 71.0 Å². The lowest BCUT2D eigenvalue weighted by Crippen LogP contribution is -2.27. The van der Waals surface area contributed by atoms with Gasteiger partial charge in [0, 0.05) is 7.05 Å². The Bertz CT molecular complexity index is 1230. The van der Waals surface area contributed by atoms with E-state index in [4.69, 9.17) is 0 Å². The third-order valence-electron chi connectivity index (χ3n) is 4.55. The van der Waals surface area contributed by atoms with Crippen LogP contribution in [0.3, 0.4) is 0 Å². The molecule has 3 aromatic rings. The summed E-state index contributed by atoms with van der Waals surface area (Å²) in [5, 5.41) is 7.85. The number of rotatable bonds is 8. The summed E-state index contributed by atoms with van der Waals surface area (Å²) < 4.78 is 56.4. The van der Waals surface area contributed by atoms with Crippen LogP contribution in [-0.4, -0.2) is 31.8 Å². The Kier molecular flexibility index (Phi) is 6.36. The SMILES string of the molecule is Cc1ccc(S(=O)(=O)NCc2nnn(C)c2CNS(=O)(=O)c2ccc(C)cc2)cc1. The van der Waals surface area contributed by atoms with Crippen LogP contribution in [0.5, 0.6) is 0 Å². The molecule has 0 aliphatic rings. The normalized spacial score (nSPS) is 12.2. The fourth-order valence-electron chi connectivity index (χ4n) is 2.70. The summed E-state index contributed by atoms with van der Waals surface area (Å²) in [7, 11) is -5.86.